The first kappa shape index (κ1) is 19.2. The Labute approximate surface area is 108 Å². The minimum Gasteiger partial charge on any atom is -0.330 e. The quantitative estimate of drug-likeness (QED) is 0.456. The van der Waals surface area contributed by atoms with Gasteiger partial charge in [-0.15, -0.1) is 0 Å². The maximum absolute atomic E-state index is 5.34. The summed E-state index contributed by atoms with van der Waals surface area (Å²) < 4.78 is 0. The molecule has 0 radical (unpaired) electrons. The van der Waals surface area contributed by atoms with Gasteiger partial charge in [0.1, 0.15) is 0 Å². The van der Waals surface area contributed by atoms with Crippen molar-refractivity contribution >= 4 is 0 Å². The van der Waals surface area contributed by atoms with E-state index in [1.54, 1.807) is 0 Å². The van der Waals surface area contributed by atoms with Crippen molar-refractivity contribution in [3.05, 3.63) is 0 Å². The third kappa shape index (κ3) is 38.8. The van der Waals surface area contributed by atoms with Crippen LogP contribution in [0.15, 0.2) is 0 Å². The van der Waals surface area contributed by atoms with Crippen LogP contribution in [-0.2, 0) is 0 Å². The van der Waals surface area contributed by atoms with Gasteiger partial charge in [0, 0.05) is 13.1 Å². The van der Waals surface area contributed by atoms with Crippen LogP contribution in [0, 0.1) is 5.41 Å². The van der Waals surface area contributed by atoms with Gasteiger partial charge in [-0.3, -0.25) is 0 Å². The van der Waals surface area contributed by atoms with Gasteiger partial charge in [-0.1, -0.05) is 27.7 Å². The van der Waals surface area contributed by atoms with Crippen molar-refractivity contribution in [2.75, 3.05) is 39.3 Å². The predicted octanol–water partition coefficient (Wildman–Crippen LogP) is 0.916. The standard InChI is InChI=1S/C8H22N4.C5H12/c9-3-1-5-11-7-8-12-6-2-4-10;1-5(2,3)4/h11-12H,1-10H2;1-4H3. The first-order valence-corrected chi connectivity index (χ1v) is 6.73. The zero-order valence-corrected chi connectivity index (χ0v) is 12.3. The van der Waals surface area contributed by atoms with Crippen molar-refractivity contribution in [1.29, 1.82) is 0 Å². The third-order valence-electron chi connectivity index (χ3n) is 1.59. The van der Waals surface area contributed by atoms with Gasteiger partial charge in [-0.25, -0.2) is 0 Å². The van der Waals surface area contributed by atoms with Crippen LogP contribution in [0.5, 0.6) is 0 Å². The molecule has 0 saturated carbocycles. The number of rotatable bonds is 9. The van der Waals surface area contributed by atoms with Gasteiger partial charge in [-0.2, -0.15) is 0 Å². The minimum atomic E-state index is 0.500. The highest BCUT2D eigenvalue weighted by atomic mass is 14.9. The van der Waals surface area contributed by atoms with Crippen LogP contribution in [0.1, 0.15) is 40.5 Å². The van der Waals surface area contributed by atoms with E-state index in [9.17, 15) is 0 Å². The summed E-state index contributed by atoms with van der Waals surface area (Å²) >= 11 is 0. The molecule has 0 aliphatic carbocycles. The monoisotopic (exact) mass is 246 g/mol. The summed E-state index contributed by atoms with van der Waals surface area (Å²) in [7, 11) is 0. The molecule has 0 aliphatic heterocycles. The van der Waals surface area contributed by atoms with Gasteiger partial charge in [0.15, 0.2) is 0 Å². The fourth-order valence-electron chi connectivity index (χ4n) is 0.881. The van der Waals surface area contributed by atoms with E-state index in [1.165, 1.54) is 0 Å². The lowest BCUT2D eigenvalue weighted by atomic mass is 10.0. The molecule has 0 heterocycles. The van der Waals surface area contributed by atoms with E-state index < -0.39 is 0 Å². The Balaban J connectivity index is 0. The van der Waals surface area contributed by atoms with Crippen molar-refractivity contribution in [2.24, 2.45) is 16.9 Å². The molecular formula is C13H34N4. The normalized spacial score (nSPS) is 10.9. The van der Waals surface area contributed by atoms with Crippen molar-refractivity contribution in [3.63, 3.8) is 0 Å². The van der Waals surface area contributed by atoms with E-state index in [1.807, 2.05) is 0 Å². The van der Waals surface area contributed by atoms with Crippen LogP contribution in [0.25, 0.3) is 0 Å². The highest BCUT2D eigenvalue weighted by Crippen LogP contribution is 2.08. The fourth-order valence-corrected chi connectivity index (χ4v) is 0.881. The molecule has 4 heteroatoms. The van der Waals surface area contributed by atoms with Gasteiger partial charge in [-0.05, 0) is 44.4 Å². The molecule has 4 nitrogen and oxygen atoms in total. The second kappa shape index (κ2) is 13.9. The van der Waals surface area contributed by atoms with Crippen LogP contribution in [0.2, 0.25) is 0 Å². The average Bonchev–Trinajstić information content (AvgIpc) is 2.20. The molecule has 0 fully saturated rings. The first-order chi connectivity index (χ1) is 7.91. The zero-order valence-electron chi connectivity index (χ0n) is 12.3. The van der Waals surface area contributed by atoms with Crippen LogP contribution in [0.3, 0.4) is 0 Å². The number of hydrogen-bond acceptors (Lipinski definition) is 4. The lowest BCUT2D eigenvalue weighted by Crippen LogP contribution is -2.29. The van der Waals surface area contributed by atoms with Gasteiger partial charge in [0.2, 0.25) is 0 Å². The van der Waals surface area contributed by atoms with Gasteiger partial charge >= 0.3 is 0 Å². The van der Waals surface area contributed by atoms with Crippen molar-refractivity contribution in [2.45, 2.75) is 40.5 Å². The van der Waals surface area contributed by atoms with Crippen molar-refractivity contribution in [1.82, 2.24) is 10.6 Å². The summed E-state index contributed by atoms with van der Waals surface area (Å²) in [4.78, 5) is 0. The topological polar surface area (TPSA) is 76.1 Å². The number of nitrogens with two attached hydrogens (primary N) is 2. The molecule has 0 atom stereocenters. The predicted molar refractivity (Wildman–Crippen MR) is 78.2 cm³/mol. The van der Waals surface area contributed by atoms with E-state index >= 15 is 0 Å². The summed E-state index contributed by atoms with van der Waals surface area (Å²) in [5.41, 5.74) is 11.2. The number of nitrogens with one attached hydrogen (secondary N) is 2. The summed E-state index contributed by atoms with van der Waals surface area (Å²) in [6, 6.07) is 0. The van der Waals surface area contributed by atoms with Crippen LogP contribution in [0.4, 0.5) is 0 Å². The Kier molecular flexibility index (Phi) is 15.7. The Morgan fingerprint density at radius 2 is 1.00 bits per heavy atom. The molecule has 0 aromatic carbocycles. The van der Waals surface area contributed by atoms with Crippen LogP contribution in [-0.4, -0.2) is 39.3 Å². The van der Waals surface area contributed by atoms with E-state index in [-0.39, 0.29) is 0 Å². The first-order valence-electron chi connectivity index (χ1n) is 6.73. The lowest BCUT2D eigenvalue weighted by Gasteiger charge is -2.05. The molecule has 0 unspecified atom stereocenters. The minimum absolute atomic E-state index is 0.500. The Hall–Kier alpha value is -0.160. The molecule has 6 N–H and O–H groups in total. The second-order valence-corrected chi connectivity index (χ2v) is 5.78. The molecule has 0 bridgehead atoms. The molecule has 0 saturated heterocycles. The highest BCUT2D eigenvalue weighted by Gasteiger charge is 1.95. The van der Waals surface area contributed by atoms with E-state index in [0.717, 1.165) is 52.1 Å². The highest BCUT2D eigenvalue weighted by molar-refractivity contribution is 4.52. The zero-order chi connectivity index (χ0) is 13.6. The third-order valence-corrected chi connectivity index (χ3v) is 1.59. The van der Waals surface area contributed by atoms with Crippen molar-refractivity contribution < 1.29 is 0 Å². The fraction of sp³-hybridized carbons (Fsp3) is 1.00. The molecular weight excluding hydrogens is 212 g/mol. The van der Waals surface area contributed by atoms with Crippen LogP contribution < -0.4 is 22.1 Å². The SMILES string of the molecule is CC(C)(C)C.NCCCNCCNCCCN. The van der Waals surface area contributed by atoms with Crippen LogP contribution >= 0.6 is 0 Å². The average molecular weight is 246 g/mol. The van der Waals surface area contributed by atoms with E-state index in [4.69, 9.17) is 11.5 Å². The lowest BCUT2D eigenvalue weighted by molar-refractivity contribution is 0.469. The molecule has 17 heavy (non-hydrogen) atoms. The Bertz CT molecular complexity index is 116. The summed E-state index contributed by atoms with van der Waals surface area (Å²) in [5.74, 6) is 0. The van der Waals surface area contributed by atoms with Gasteiger partial charge < -0.3 is 22.1 Å². The van der Waals surface area contributed by atoms with E-state index in [0.29, 0.717) is 5.41 Å². The molecule has 0 aromatic rings. The van der Waals surface area contributed by atoms with Gasteiger partial charge in [0.25, 0.3) is 0 Å². The molecule has 0 aliphatic rings. The second-order valence-electron chi connectivity index (χ2n) is 5.78. The van der Waals surface area contributed by atoms with E-state index in [2.05, 4.69) is 38.3 Å². The molecule has 0 spiro atoms. The largest absolute Gasteiger partial charge is 0.330 e. The smallest absolute Gasteiger partial charge is 0.00767 e. The Morgan fingerprint density at radius 3 is 1.24 bits per heavy atom. The number of hydrogen-bond donors (Lipinski definition) is 4. The maximum Gasteiger partial charge on any atom is 0.00767 e. The Morgan fingerprint density at radius 1 is 0.706 bits per heavy atom. The molecule has 0 rings (SSSR count). The molecule has 0 amide bonds. The molecule has 106 valence electrons. The maximum atomic E-state index is 5.34. The summed E-state index contributed by atoms with van der Waals surface area (Å²) in [5, 5.41) is 6.58. The van der Waals surface area contributed by atoms with Crippen molar-refractivity contribution in [3.8, 4) is 0 Å². The summed E-state index contributed by atoms with van der Waals surface area (Å²) in [6.45, 7) is 14.4. The summed E-state index contributed by atoms with van der Waals surface area (Å²) in [6.07, 6.45) is 2.12. The molecule has 0 aromatic heterocycles. The van der Waals surface area contributed by atoms with Gasteiger partial charge in [0.05, 0.1) is 0 Å².